The van der Waals surface area contributed by atoms with Gasteiger partial charge in [-0.2, -0.15) is 0 Å². The fourth-order valence-corrected chi connectivity index (χ4v) is 4.45. The number of rotatable bonds is 5. The van der Waals surface area contributed by atoms with Crippen molar-refractivity contribution < 1.29 is 10.2 Å². The molecule has 0 saturated heterocycles. The van der Waals surface area contributed by atoms with Gasteiger partial charge in [0.1, 0.15) is 11.5 Å². The van der Waals surface area contributed by atoms with Gasteiger partial charge in [0.2, 0.25) is 0 Å². The molecule has 2 heterocycles. The molecule has 2 N–H and O–H groups in total. The predicted molar refractivity (Wildman–Crippen MR) is 121 cm³/mol. The van der Waals surface area contributed by atoms with Crippen LogP contribution in [0, 0.1) is 13.8 Å². The first-order valence-electron chi connectivity index (χ1n) is 9.83. The maximum atomic E-state index is 13.4. The van der Waals surface area contributed by atoms with E-state index in [4.69, 9.17) is 0 Å². The summed E-state index contributed by atoms with van der Waals surface area (Å²) >= 11 is 3.44. The third-order valence-corrected chi connectivity index (χ3v) is 5.93. The molecule has 7 heteroatoms. The molecule has 0 unspecified atom stereocenters. The van der Waals surface area contributed by atoms with E-state index in [1.807, 2.05) is 19.9 Å². The van der Waals surface area contributed by atoms with Gasteiger partial charge in [-0.1, -0.05) is 28.1 Å². The zero-order valence-corrected chi connectivity index (χ0v) is 19.0. The van der Waals surface area contributed by atoms with Gasteiger partial charge in [-0.05, 0) is 57.5 Å². The summed E-state index contributed by atoms with van der Waals surface area (Å²) in [5.41, 5.74) is 1.22. The Morgan fingerprint density at radius 1 is 0.867 bits per heavy atom. The number of benzene rings is 1. The second-order valence-corrected chi connectivity index (χ2v) is 8.17. The van der Waals surface area contributed by atoms with Crippen molar-refractivity contribution in [3.63, 3.8) is 0 Å². The van der Waals surface area contributed by atoms with Crippen molar-refractivity contribution in [3.8, 4) is 11.5 Å². The summed E-state index contributed by atoms with van der Waals surface area (Å²) in [4.78, 5) is 26.7. The molecule has 6 nitrogen and oxygen atoms in total. The van der Waals surface area contributed by atoms with Crippen molar-refractivity contribution in [2.75, 3.05) is 0 Å². The standard InChI is InChI=1S/C23H25BrN2O4/c1-5-25-13(3)10-17(27)20(22(25)29)19(15-8-7-9-16(24)12-15)21-18(28)11-14(4)26(6-2)23(21)30/h7-12,19,27-28H,5-6H2,1-4H3. The Morgan fingerprint density at radius 3 is 1.73 bits per heavy atom. The number of hydrogen-bond donors (Lipinski definition) is 2. The third-order valence-electron chi connectivity index (χ3n) is 5.44. The van der Waals surface area contributed by atoms with Crippen LogP contribution >= 0.6 is 15.9 Å². The molecule has 158 valence electrons. The second kappa shape index (κ2) is 8.52. The molecular formula is C23H25BrN2O4. The quantitative estimate of drug-likeness (QED) is 0.587. The van der Waals surface area contributed by atoms with E-state index < -0.39 is 5.92 Å². The first-order valence-corrected chi connectivity index (χ1v) is 10.6. The summed E-state index contributed by atoms with van der Waals surface area (Å²) in [6.07, 6.45) is 0. The monoisotopic (exact) mass is 472 g/mol. The summed E-state index contributed by atoms with van der Waals surface area (Å²) in [5, 5.41) is 21.6. The molecule has 30 heavy (non-hydrogen) atoms. The average molecular weight is 473 g/mol. The number of nitrogens with zero attached hydrogens (tertiary/aromatic N) is 2. The first kappa shape index (κ1) is 21.9. The molecule has 0 aliphatic heterocycles. The normalized spacial score (nSPS) is 11.3. The van der Waals surface area contributed by atoms with Gasteiger partial charge in [0.25, 0.3) is 11.1 Å². The fraction of sp³-hybridized carbons (Fsp3) is 0.304. The predicted octanol–water partition coefficient (Wildman–Crippen LogP) is 4.02. The maximum absolute atomic E-state index is 13.4. The Hall–Kier alpha value is -2.80. The van der Waals surface area contributed by atoms with Crippen molar-refractivity contribution in [3.05, 3.63) is 89.7 Å². The highest BCUT2D eigenvalue weighted by molar-refractivity contribution is 9.10. The van der Waals surface area contributed by atoms with E-state index >= 15 is 0 Å². The van der Waals surface area contributed by atoms with E-state index in [1.165, 1.54) is 12.1 Å². The Morgan fingerprint density at radius 2 is 1.33 bits per heavy atom. The van der Waals surface area contributed by atoms with Gasteiger partial charge in [-0.25, -0.2) is 0 Å². The van der Waals surface area contributed by atoms with Crippen molar-refractivity contribution in [2.24, 2.45) is 0 Å². The fourth-order valence-electron chi connectivity index (χ4n) is 4.03. The highest BCUT2D eigenvalue weighted by Crippen LogP contribution is 2.38. The Kier molecular flexibility index (Phi) is 6.22. The van der Waals surface area contributed by atoms with Crippen LogP contribution in [0.3, 0.4) is 0 Å². The minimum absolute atomic E-state index is 0.0689. The minimum atomic E-state index is -0.931. The number of aryl methyl sites for hydroxylation is 2. The van der Waals surface area contributed by atoms with Gasteiger partial charge in [0, 0.05) is 29.0 Å². The molecule has 0 amide bonds. The molecule has 0 bridgehead atoms. The molecule has 0 atom stereocenters. The summed E-state index contributed by atoms with van der Waals surface area (Å²) in [6, 6.07) is 10.2. The maximum Gasteiger partial charge on any atom is 0.258 e. The van der Waals surface area contributed by atoms with Crippen LogP contribution in [0.5, 0.6) is 11.5 Å². The lowest BCUT2D eigenvalue weighted by Crippen LogP contribution is -2.32. The van der Waals surface area contributed by atoms with Crippen molar-refractivity contribution >= 4 is 15.9 Å². The van der Waals surface area contributed by atoms with Gasteiger partial charge in [-0.3, -0.25) is 9.59 Å². The van der Waals surface area contributed by atoms with E-state index in [2.05, 4.69) is 15.9 Å². The van der Waals surface area contributed by atoms with E-state index in [0.29, 0.717) is 30.0 Å². The summed E-state index contributed by atoms with van der Waals surface area (Å²) < 4.78 is 3.85. The van der Waals surface area contributed by atoms with Crippen molar-refractivity contribution in [1.29, 1.82) is 0 Å². The Bertz CT molecular complexity index is 1150. The number of aromatic nitrogens is 2. The highest BCUT2D eigenvalue weighted by atomic mass is 79.9. The first-order chi connectivity index (χ1) is 14.2. The van der Waals surface area contributed by atoms with Crippen molar-refractivity contribution in [2.45, 2.75) is 46.7 Å². The molecule has 1 aromatic carbocycles. The minimum Gasteiger partial charge on any atom is -0.507 e. The third kappa shape index (κ3) is 3.69. The lowest BCUT2D eigenvalue weighted by molar-refractivity contribution is 0.449. The van der Waals surface area contributed by atoms with Gasteiger partial charge in [0.15, 0.2) is 0 Å². The molecule has 3 rings (SSSR count). The molecule has 0 aliphatic rings. The van der Waals surface area contributed by atoms with E-state index in [-0.39, 0.29) is 33.7 Å². The highest BCUT2D eigenvalue weighted by Gasteiger charge is 2.30. The Labute approximate surface area is 183 Å². The molecular weight excluding hydrogens is 448 g/mol. The van der Waals surface area contributed by atoms with E-state index in [1.54, 1.807) is 41.2 Å². The van der Waals surface area contributed by atoms with Gasteiger partial charge in [-0.15, -0.1) is 0 Å². The summed E-state index contributed by atoms with van der Waals surface area (Å²) in [5.74, 6) is -1.33. The van der Waals surface area contributed by atoms with Crippen LogP contribution in [-0.2, 0) is 13.1 Å². The topological polar surface area (TPSA) is 84.5 Å². The molecule has 0 aliphatic carbocycles. The van der Waals surface area contributed by atoms with Crippen LogP contribution in [0.4, 0.5) is 0 Å². The van der Waals surface area contributed by atoms with E-state index in [9.17, 15) is 19.8 Å². The molecule has 0 saturated carbocycles. The number of halogens is 1. The van der Waals surface area contributed by atoms with Crippen molar-refractivity contribution in [1.82, 2.24) is 9.13 Å². The molecule has 2 aromatic heterocycles. The van der Waals surface area contributed by atoms with Gasteiger partial charge >= 0.3 is 0 Å². The zero-order valence-electron chi connectivity index (χ0n) is 17.4. The number of pyridine rings is 2. The van der Waals surface area contributed by atoms with Crippen LogP contribution in [0.25, 0.3) is 0 Å². The van der Waals surface area contributed by atoms with E-state index in [0.717, 1.165) is 4.47 Å². The smallest absolute Gasteiger partial charge is 0.258 e. The largest absolute Gasteiger partial charge is 0.507 e. The molecule has 0 fully saturated rings. The number of hydrogen-bond acceptors (Lipinski definition) is 4. The second-order valence-electron chi connectivity index (χ2n) is 7.26. The van der Waals surface area contributed by atoms with Crippen LogP contribution in [0.2, 0.25) is 0 Å². The average Bonchev–Trinajstić information content (AvgIpc) is 2.66. The summed E-state index contributed by atoms with van der Waals surface area (Å²) in [6.45, 7) is 8.02. The molecule has 0 spiro atoms. The summed E-state index contributed by atoms with van der Waals surface area (Å²) in [7, 11) is 0. The van der Waals surface area contributed by atoms with Crippen LogP contribution in [-0.4, -0.2) is 19.3 Å². The van der Waals surface area contributed by atoms with Crippen LogP contribution in [0.15, 0.2) is 50.5 Å². The molecule has 3 aromatic rings. The molecule has 0 radical (unpaired) electrons. The lowest BCUT2D eigenvalue weighted by Gasteiger charge is -2.23. The zero-order chi connectivity index (χ0) is 22.2. The SMILES string of the molecule is CCn1c(C)cc(O)c(C(c2cccc(Br)c2)c2c(O)cc(C)n(CC)c2=O)c1=O. The Balaban J connectivity index is 2.49. The van der Waals surface area contributed by atoms with Gasteiger partial charge in [0.05, 0.1) is 17.0 Å². The van der Waals surface area contributed by atoms with Gasteiger partial charge < -0.3 is 19.3 Å². The van der Waals surface area contributed by atoms with Crippen LogP contribution < -0.4 is 11.1 Å². The van der Waals surface area contributed by atoms with Crippen LogP contribution in [0.1, 0.15) is 47.8 Å². The number of aromatic hydroxyl groups is 2. The lowest BCUT2D eigenvalue weighted by atomic mass is 9.85.